The van der Waals surface area contributed by atoms with Crippen molar-refractivity contribution in [2.45, 2.75) is 39.4 Å². The van der Waals surface area contributed by atoms with Crippen LogP contribution in [-0.2, 0) is 6.54 Å². The molecule has 1 saturated heterocycles. The van der Waals surface area contributed by atoms with Crippen molar-refractivity contribution in [3.8, 4) is 5.75 Å². The van der Waals surface area contributed by atoms with Crippen LogP contribution in [0, 0.1) is 13.8 Å². The summed E-state index contributed by atoms with van der Waals surface area (Å²) in [5.74, 6) is 0.828. The van der Waals surface area contributed by atoms with E-state index >= 15 is 0 Å². The Bertz CT molecular complexity index is 1010. The van der Waals surface area contributed by atoms with Crippen LogP contribution in [0.4, 0.5) is 5.69 Å². The normalized spacial score (nSPS) is 18.8. The molecule has 1 fully saturated rings. The van der Waals surface area contributed by atoms with Gasteiger partial charge in [0.15, 0.2) is 5.11 Å². The van der Waals surface area contributed by atoms with E-state index in [1.807, 2.05) is 30.5 Å². The Hall–Kier alpha value is -2.86. The number of aryl methyl sites for hydroxylation is 1. The van der Waals surface area contributed by atoms with Crippen molar-refractivity contribution in [3.05, 3.63) is 77.4 Å². The molecule has 4 rings (SSSR count). The molecular weight excluding hydrogens is 380 g/mol. The number of aromatic nitrogens is 2. The van der Waals surface area contributed by atoms with E-state index in [0.717, 1.165) is 23.7 Å². The van der Waals surface area contributed by atoms with Crippen LogP contribution in [0.3, 0.4) is 0 Å². The molecule has 1 aliphatic rings. The van der Waals surface area contributed by atoms with Crippen LogP contribution in [-0.4, -0.2) is 21.8 Å². The summed E-state index contributed by atoms with van der Waals surface area (Å²) in [7, 11) is 1.68. The Kier molecular flexibility index (Phi) is 5.28. The van der Waals surface area contributed by atoms with E-state index in [-0.39, 0.29) is 12.1 Å². The molecule has 29 heavy (non-hydrogen) atoms. The van der Waals surface area contributed by atoms with E-state index < -0.39 is 0 Å². The fourth-order valence-corrected chi connectivity index (χ4v) is 4.65. The van der Waals surface area contributed by atoms with Crippen LogP contribution in [0.15, 0.2) is 54.7 Å². The first kappa shape index (κ1) is 19.5. The van der Waals surface area contributed by atoms with Gasteiger partial charge in [-0.05, 0) is 81.0 Å². The van der Waals surface area contributed by atoms with Crippen molar-refractivity contribution in [1.29, 1.82) is 0 Å². The van der Waals surface area contributed by atoms with Crippen molar-refractivity contribution < 1.29 is 4.74 Å². The molecule has 5 nitrogen and oxygen atoms in total. The molecule has 0 aliphatic carbocycles. The molecule has 0 bridgehead atoms. The molecule has 2 aromatic heterocycles. The second-order valence-corrected chi connectivity index (χ2v) is 7.65. The number of rotatable bonds is 5. The molecule has 150 valence electrons. The Morgan fingerprint density at radius 1 is 1.14 bits per heavy atom. The minimum absolute atomic E-state index is 0.0114. The number of anilines is 1. The highest BCUT2D eigenvalue weighted by molar-refractivity contribution is 7.80. The number of hydrogen-bond donors (Lipinski definition) is 1. The average molecular weight is 407 g/mol. The third-order valence-corrected chi connectivity index (χ3v) is 6.01. The van der Waals surface area contributed by atoms with Crippen molar-refractivity contribution in [3.63, 3.8) is 0 Å². The van der Waals surface area contributed by atoms with Gasteiger partial charge in [0.2, 0.25) is 0 Å². The van der Waals surface area contributed by atoms with Crippen LogP contribution in [0.1, 0.15) is 41.7 Å². The van der Waals surface area contributed by atoms with Gasteiger partial charge in [-0.25, -0.2) is 0 Å². The summed E-state index contributed by atoms with van der Waals surface area (Å²) in [5.41, 5.74) is 5.81. The Morgan fingerprint density at radius 2 is 1.90 bits per heavy atom. The van der Waals surface area contributed by atoms with E-state index in [4.69, 9.17) is 17.0 Å². The molecular formula is C23H26N4OS. The molecule has 0 radical (unpaired) electrons. The number of pyridine rings is 1. The highest BCUT2D eigenvalue weighted by Gasteiger charge is 2.42. The second-order valence-electron chi connectivity index (χ2n) is 7.27. The summed E-state index contributed by atoms with van der Waals surface area (Å²) in [6.45, 7) is 7.47. The smallest absolute Gasteiger partial charge is 0.174 e. The first-order valence-electron chi connectivity index (χ1n) is 9.86. The van der Waals surface area contributed by atoms with Crippen LogP contribution in [0.25, 0.3) is 0 Å². The predicted octanol–water partition coefficient (Wildman–Crippen LogP) is 4.71. The molecule has 0 amide bonds. The fourth-order valence-electron chi connectivity index (χ4n) is 4.31. The van der Waals surface area contributed by atoms with Crippen LogP contribution < -0.4 is 15.0 Å². The van der Waals surface area contributed by atoms with Gasteiger partial charge in [0, 0.05) is 29.8 Å². The lowest BCUT2D eigenvalue weighted by Crippen LogP contribution is -2.29. The van der Waals surface area contributed by atoms with Gasteiger partial charge in [0.25, 0.3) is 0 Å². The van der Waals surface area contributed by atoms with Crippen molar-refractivity contribution in [2.24, 2.45) is 0 Å². The monoisotopic (exact) mass is 406 g/mol. The summed E-state index contributed by atoms with van der Waals surface area (Å²) in [5, 5.41) is 4.23. The number of methoxy groups -OCH3 is 1. The maximum Gasteiger partial charge on any atom is 0.174 e. The second kappa shape index (κ2) is 7.87. The van der Waals surface area contributed by atoms with Gasteiger partial charge in [-0.3, -0.25) is 4.98 Å². The van der Waals surface area contributed by atoms with E-state index in [0.29, 0.717) is 5.11 Å². The summed E-state index contributed by atoms with van der Waals surface area (Å²) in [6.07, 6.45) is 1.84. The SMILES string of the molecule is CCn1c(C)cc([C@@H]2[C@H](c3ccccn3)NC(=S)N2c2ccc(OC)cc2)c1C. The first-order chi connectivity index (χ1) is 14.0. The van der Waals surface area contributed by atoms with E-state index in [1.165, 1.54) is 17.0 Å². The van der Waals surface area contributed by atoms with Gasteiger partial charge in [-0.2, -0.15) is 0 Å². The van der Waals surface area contributed by atoms with Gasteiger partial charge in [0.05, 0.1) is 24.9 Å². The fraction of sp³-hybridized carbons (Fsp3) is 0.304. The van der Waals surface area contributed by atoms with Gasteiger partial charge >= 0.3 is 0 Å². The first-order valence-corrected chi connectivity index (χ1v) is 10.3. The zero-order valence-electron chi connectivity index (χ0n) is 17.2. The summed E-state index contributed by atoms with van der Waals surface area (Å²) >= 11 is 5.80. The molecule has 2 atom stereocenters. The zero-order valence-corrected chi connectivity index (χ0v) is 18.0. The van der Waals surface area contributed by atoms with E-state index in [2.05, 4.69) is 64.8 Å². The number of nitrogens with one attached hydrogen (secondary N) is 1. The lowest BCUT2D eigenvalue weighted by atomic mass is 9.96. The van der Waals surface area contributed by atoms with Gasteiger partial charge in [-0.1, -0.05) is 6.07 Å². The zero-order chi connectivity index (χ0) is 20.5. The van der Waals surface area contributed by atoms with Crippen LogP contribution in [0.5, 0.6) is 5.75 Å². The van der Waals surface area contributed by atoms with Crippen molar-refractivity contribution in [2.75, 3.05) is 12.0 Å². The molecule has 6 heteroatoms. The molecule has 1 aliphatic heterocycles. The Balaban J connectivity index is 1.85. The molecule has 0 spiro atoms. The maximum absolute atomic E-state index is 5.80. The number of hydrogen-bond acceptors (Lipinski definition) is 3. The number of thiocarbonyl (C=S) groups is 1. The predicted molar refractivity (Wildman–Crippen MR) is 121 cm³/mol. The third kappa shape index (κ3) is 3.38. The Labute approximate surface area is 177 Å². The lowest BCUT2D eigenvalue weighted by molar-refractivity contribution is 0.415. The lowest BCUT2D eigenvalue weighted by Gasteiger charge is -2.28. The largest absolute Gasteiger partial charge is 0.497 e. The third-order valence-electron chi connectivity index (χ3n) is 5.70. The molecule has 3 heterocycles. The molecule has 0 unspecified atom stereocenters. The minimum atomic E-state index is -0.0309. The number of ether oxygens (including phenoxy) is 1. The molecule has 1 aromatic carbocycles. The summed E-state index contributed by atoms with van der Waals surface area (Å²) < 4.78 is 7.68. The molecule has 0 saturated carbocycles. The van der Waals surface area contributed by atoms with Crippen LogP contribution >= 0.6 is 12.2 Å². The minimum Gasteiger partial charge on any atom is -0.497 e. The highest BCUT2D eigenvalue weighted by atomic mass is 32.1. The quantitative estimate of drug-likeness (QED) is 0.622. The average Bonchev–Trinajstić information content (AvgIpc) is 3.24. The van der Waals surface area contributed by atoms with Crippen molar-refractivity contribution in [1.82, 2.24) is 14.9 Å². The van der Waals surface area contributed by atoms with E-state index in [1.54, 1.807) is 7.11 Å². The topological polar surface area (TPSA) is 42.3 Å². The Morgan fingerprint density at radius 3 is 2.48 bits per heavy atom. The maximum atomic E-state index is 5.80. The van der Waals surface area contributed by atoms with Gasteiger partial charge in [-0.15, -0.1) is 0 Å². The number of nitrogens with zero attached hydrogens (tertiary/aromatic N) is 3. The molecule has 1 N–H and O–H groups in total. The molecule has 3 aromatic rings. The van der Waals surface area contributed by atoms with Crippen molar-refractivity contribution >= 4 is 23.0 Å². The summed E-state index contributed by atoms with van der Waals surface area (Å²) in [6, 6.07) is 16.3. The van der Waals surface area contributed by atoms with Gasteiger partial charge < -0.3 is 19.5 Å². The van der Waals surface area contributed by atoms with E-state index in [9.17, 15) is 0 Å². The van der Waals surface area contributed by atoms with Gasteiger partial charge in [0.1, 0.15) is 5.75 Å². The number of benzene rings is 1. The van der Waals surface area contributed by atoms with Crippen LogP contribution in [0.2, 0.25) is 0 Å². The summed E-state index contributed by atoms with van der Waals surface area (Å²) in [4.78, 5) is 6.83. The highest BCUT2D eigenvalue weighted by Crippen LogP contribution is 2.43. The standard InChI is InChI=1S/C23H26N4OS/c1-5-26-15(2)14-19(16(26)3)22-21(20-8-6-7-13-24-20)25-23(29)27(22)17-9-11-18(28-4)12-10-17/h6-14,21-22H,5H2,1-4H3,(H,25,29)/t21-,22+/m0/s1.